The first-order valence-electron chi connectivity index (χ1n) is 9.69. The summed E-state index contributed by atoms with van der Waals surface area (Å²) in [6.07, 6.45) is 0.642. The quantitative estimate of drug-likeness (QED) is 0.531. The Morgan fingerprint density at radius 2 is 2.03 bits per heavy atom. The molecule has 1 aliphatic rings. The second-order valence-corrected chi connectivity index (χ2v) is 7.30. The highest BCUT2D eigenvalue weighted by Crippen LogP contribution is 2.27. The Morgan fingerprint density at radius 3 is 2.84 bits per heavy atom. The van der Waals surface area contributed by atoms with E-state index in [0.717, 1.165) is 6.07 Å². The van der Waals surface area contributed by atoms with Crippen LogP contribution < -0.4 is 5.32 Å². The summed E-state index contributed by atoms with van der Waals surface area (Å²) in [6, 6.07) is 9.34. The molecule has 0 unspecified atom stereocenters. The van der Waals surface area contributed by atoms with Crippen LogP contribution in [0, 0.1) is 18.6 Å². The van der Waals surface area contributed by atoms with Gasteiger partial charge in [0.1, 0.15) is 5.52 Å². The van der Waals surface area contributed by atoms with E-state index in [2.05, 4.69) is 20.4 Å². The number of aromatic nitrogens is 3. The second kappa shape index (κ2) is 7.46. The molecule has 0 spiro atoms. The first-order chi connectivity index (χ1) is 15.0. The molecule has 0 saturated carbocycles. The number of nitrogens with one attached hydrogen (secondary N) is 1. The van der Waals surface area contributed by atoms with Gasteiger partial charge in [-0.3, -0.25) is 4.79 Å². The Hall–Kier alpha value is -3.82. The van der Waals surface area contributed by atoms with E-state index in [1.807, 2.05) is 0 Å². The van der Waals surface area contributed by atoms with E-state index in [9.17, 15) is 13.6 Å². The lowest BCUT2D eigenvalue weighted by Gasteiger charge is -2.18. The molecule has 1 amide bonds. The molecular formula is C21H17F2N5O3. The maximum atomic E-state index is 13.9. The highest BCUT2D eigenvalue weighted by atomic mass is 19.2. The summed E-state index contributed by atoms with van der Waals surface area (Å²) in [5.74, 6) is -1.47. The van der Waals surface area contributed by atoms with Crippen molar-refractivity contribution >= 4 is 23.0 Å². The van der Waals surface area contributed by atoms with Crippen molar-refractivity contribution in [3.8, 4) is 11.5 Å². The zero-order valence-corrected chi connectivity index (χ0v) is 16.4. The van der Waals surface area contributed by atoms with Crippen LogP contribution in [0.4, 0.5) is 14.8 Å². The molecule has 31 heavy (non-hydrogen) atoms. The van der Waals surface area contributed by atoms with E-state index in [4.69, 9.17) is 8.94 Å². The second-order valence-electron chi connectivity index (χ2n) is 7.30. The van der Waals surface area contributed by atoms with Crippen LogP contribution in [-0.2, 0) is 0 Å². The molecule has 3 heterocycles. The Labute approximate surface area is 174 Å². The number of hydrogen-bond donors (Lipinski definition) is 1. The predicted octanol–water partition coefficient (Wildman–Crippen LogP) is 3.79. The summed E-state index contributed by atoms with van der Waals surface area (Å²) in [5.41, 5.74) is 1.01. The zero-order valence-electron chi connectivity index (χ0n) is 16.4. The Kier molecular flexibility index (Phi) is 4.61. The highest BCUT2D eigenvalue weighted by Gasteiger charge is 2.30. The number of benzene rings is 2. The van der Waals surface area contributed by atoms with Crippen molar-refractivity contribution in [1.29, 1.82) is 0 Å². The van der Waals surface area contributed by atoms with Gasteiger partial charge in [0.25, 0.3) is 17.8 Å². The predicted molar refractivity (Wildman–Crippen MR) is 106 cm³/mol. The Morgan fingerprint density at radius 1 is 1.19 bits per heavy atom. The van der Waals surface area contributed by atoms with Gasteiger partial charge in [-0.05, 0) is 37.6 Å². The van der Waals surface area contributed by atoms with Crippen molar-refractivity contribution in [2.24, 2.45) is 0 Å². The summed E-state index contributed by atoms with van der Waals surface area (Å²) < 4.78 is 37.8. The molecule has 5 rings (SSSR count). The largest absolute Gasteiger partial charge is 0.420 e. The number of likely N-dealkylation sites (tertiary alicyclic amines) is 1. The van der Waals surface area contributed by atoms with E-state index in [-0.39, 0.29) is 35.0 Å². The number of oxazole rings is 1. The molecule has 2 aromatic carbocycles. The van der Waals surface area contributed by atoms with Gasteiger partial charge in [-0.2, -0.15) is 14.4 Å². The number of nitrogens with zero attached hydrogens (tertiary/aromatic N) is 4. The van der Waals surface area contributed by atoms with Crippen molar-refractivity contribution in [2.75, 3.05) is 18.4 Å². The molecule has 10 heteroatoms. The van der Waals surface area contributed by atoms with Gasteiger partial charge < -0.3 is 19.2 Å². The molecular weight excluding hydrogens is 408 g/mol. The van der Waals surface area contributed by atoms with Crippen LogP contribution in [0.1, 0.15) is 22.6 Å². The lowest BCUT2D eigenvalue weighted by molar-refractivity contribution is 0.0792. The van der Waals surface area contributed by atoms with E-state index in [0.29, 0.717) is 36.5 Å². The maximum Gasteiger partial charge on any atom is 0.296 e. The van der Waals surface area contributed by atoms with Gasteiger partial charge in [0.05, 0.1) is 11.1 Å². The molecule has 1 aliphatic heterocycles. The maximum absolute atomic E-state index is 13.9. The number of rotatable bonds is 4. The number of carbonyl (C=O) groups excluding carboxylic acids is 1. The van der Waals surface area contributed by atoms with Crippen LogP contribution >= 0.6 is 0 Å². The number of fused-ring (bicyclic) bond motifs is 1. The van der Waals surface area contributed by atoms with Crippen LogP contribution in [0.2, 0.25) is 0 Å². The van der Waals surface area contributed by atoms with E-state index in [1.165, 1.54) is 6.07 Å². The van der Waals surface area contributed by atoms with Crippen LogP contribution in [0.5, 0.6) is 0 Å². The van der Waals surface area contributed by atoms with Gasteiger partial charge in [-0.25, -0.2) is 4.39 Å². The molecule has 1 saturated heterocycles. The zero-order chi connectivity index (χ0) is 21.5. The normalized spacial score (nSPS) is 16.2. The summed E-state index contributed by atoms with van der Waals surface area (Å²) in [7, 11) is 0. The van der Waals surface area contributed by atoms with Crippen LogP contribution in [-0.4, -0.2) is 45.1 Å². The van der Waals surface area contributed by atoms with Crippen molar-refractivity contribution in [1.82, 2.24) is 20.0 Å². The first kappa shape index (κ1) is 19.2. The number of carbonyl (C=O) groups is 1. The molecule has 0 aliphatic carbocycles. The minimum Gasteiger partial charge on any atom is -0.420 e. The lowest BCUT2D eigenvalue weighted by Crippen LogP contribution is -2.32. The fraction of sp³-hybridized carbons (Fsp3) is 0.238. The fourth-order valence-corrected chi connectivity index (χ4v) is 3.67. The SMILES string of the molecule is Cc1noc(-c2ccccc2C(=O)N2CC[C@@H](Nc3nc4ccc(F)c(F)c4o3)C2)n1. The monoisotopic (exact) mass is 425 g/mol. The average Bonchev–Trinajstić information content (AvgIpc) is 3.51. The van der Waals surface area contributed by atoms with Crippen molar-refractivity contribution < 1.29 is 22.5 Å². The van der Waals surface area contributed by atoms with Gasteiger partial charge in [0.15, 0.2) is 17.2 Å². The number of amides is 1. The Bertz CT molecular complexity index is 1290. The van der Waals surface area contributed by atoms with Crippen LogP contribution in [0.25, 0.3) is 22.6 Å². The first-order valence-corrected chi connectivity index (χ1v) is 9.69. The minimum absolute atomic E-state index is 0.0838. The number of halogens is 2. The molecule has 2 aromatic heterocycles. The summed E-state index contributed by atoms with van der Waals surface area (Å²) in [4.78, 5) is 23.2. The molecule has 4 aromatic rings. The van der Waals surface area contributed by atoms with E-state index >= 15 is 0 Å². The van der Waals surface area contributed by atoms with Crippen LogP contribution in [0.3, 0.4) is 0 Å². The third-order valence-corrected chi connectivity index (χ3v) is 5.17. The molecule has 0 bridgehead atoms. The van der Waals surface area contributed by atoms with Crippen molar-refractivity contribution in [2.45, 2.75) is 19.4 Å². The number of aryl methyl sites for hydroxylation is 1. The van der Waals surface area contributed by atoms with Crippen LogP contribution in [0.15, 0.2) is 45.3 Å². The van der Waals surface area contributed by atoms with Gasteiger partial charge in [0, 0.05) is 19.1 Å². The topological polar surface area (TPSA) is 97.3 Å². The molecule has 0 radical (unpaired) electrons. The highest BCUT2D eigenvalue weighted by molar-refractivity contribution is 6.00. The van der Waals surface area contributed by atoms with E-state index in [1.54, 1.807) is 36.1 Å². The molecule has 8 nitrogen and oxygen atoms in total. The molecule has 1 fully saturated rings. The van der Waals surface area contributed by atoms with E-state index < -0.39 is 11.6 Å². The van der Waals surface area contributed by atoms with Gasteiger partial charge in [0.2, 0.25) is 5.82 Å². The third kappa shape index (κ3) is 3.49. The fourth-order valence-electron chi connectivity index (χ4n) is 3.67. The number of anilines is 1. The molecule has 1 N–H and O–H groups in total. The standard InChI is InChI=1S/C21H17F2N5O3/c1-11-24-19(31-27-11)13-4-2-3-5-14(13)20(29)28-9-8-12(10-28)25-21-26-16-7-6-15(22)17(23)18(16)30-21/h2-7,12H,8-10H2,1H3,(H,25,26)/t12-/m1/s1. The third-order valence-electron chi connectivity index (χ3n) is 5.17. The van der Waals surface area contributed by atoms with Gasteiger partial charge in [-0.1, -0.05) is 17.3 Å². The summed E-state index contributed by atoms with van der Waals surface area (Å²) >= 11 is 0. The van der Waals surface area contributed by atoms with Gasteiger partial charge >= 0.3 is 0 Å². The minimum atomic E-state index is -1.07. The summed E-state index contributed by atoms with van der Waals surface area (Å²) in [6.45, 7) is 2.61. The lowest BCUT2D eigenvalue weighted by atomic mass is 10.1. The number of hydrogen-bond acceptors (Lipinski definition) is 7. The summed E-state index contributed by atoms with van der Waals surface area (Å²) in [5, 5.41) is 6.85. The Balaban J connectivity index is 1.32. The smallest absolute Gasteiger partial charge is 0.296 e. The molecule has 158 valence electrons. The van der Waals surface area contributed by atoms with Crippen molar-refractivity contribution in [3.63, 3.8) is 0 Å². The molecule has 1 atom stereocenters. The average molecular weight is 425 g/mol. The van der Waals surface area contributed by atoms with Crippen molar-refractivity contribution in [3.05, 3.63) is 59.4 Å². The van der Waals surface area contributed by atoms with Gasteiger partial charge in [-0.15, -0.1) is 0 Å².